The van der Waals surface area contributed by atoms with Crippen molar-refractivity contribution in [2.45, 2.75) is 47.3 Å². The highest BCUT2D eigenvalue weighted by molar-refractivity contribution is 6.17. The summed E-state index contributed by atoms with van der Waals surface area (Å²) in [4.78, 5) is 17.6. The second-order valence-electron chi connectivity index (χ2n) is 6.94. The molecule has 0 saturated carbocycles. The van der Waals surface area contributed by atoms with Gasteiger partial charge in [0.05, 0.1) is 17.3 Å². The Kier molecular flexibility index (Phi) is 7.60. The van der Waals surface area contributed by atoms with Crippen LogP contribution in [0, 0.1) is 0 Å². The van der Waals surface area contributed by atoms with Gasteiger partial charge in [0, 0.05) is 29.4 Å². The number of carbonyl (C=O) groups is 1. The second kappa shape index (κ2) is 10.6. The lowest BCUT2D eigenvalue weighted by atomic mass is 9.99. The highest BCUT2D eigenvalue weighted by Crippen LogP contribution is 2.29. The predicted octanol–water partition coefficient (Wildman–Crippen LogP) is 6.45. The zero-order chi connectivity index (χ0) is 22.2. The minimum atomic E-state index is 0.0415. The lowest BCUT2D eigenvalue weighted by Crippen LogP contribution is -2.07. The molecule has 2 heterocycles. The Bertz CT molecular complexity index is 1130. The molecule has 2 aromatic carbocycles. The molecule has 0 unspecified atom stereocenters. The van der Waals surface area contributed by atoms with E-state index in [0.717, 1.165) is 46.4 Å². The largest absolute Gasteiger partial charge is 0.489 e. The smallest absolute Gasteiger partial charge is 0.195 e. The van der Waals surface area contributed by atoms with Gasteiger partial charge < -0.3 is 9.30 Å². The van der Waals surface area contributed by atoms with Crippen LogP contribution in [0.3, 0.4) is 0 Å². The Hall–Kier alpha value is -3.40. The number of benzene rings is 2. The second-order valence-corrected chi connectivity index (χ2v) is 6.94. The maximum Gasteiger partial charge on any atom is 0.195 e. The number of nitrogens with zero attached hydrogens (tertiary/aromatic N) is 2. The maximum absolute atomic E-state index is 13.4. The first-order valence-corrected chi connectivity index (χ1v) is 11.0. The van der Waals surface area contributed by atoms with Gasteiger partial charge in [-0.3, -0.25) is 9.78 Å². The summed E-state index contributed by atoms with van der Waals surface area (Å²) in [5, 5.41) is 0.966. The molecule has 2 aromatic heterocycles. The Morgan fingerprint density at radius 3 is 2.32 bits per heavy atom. The van der Waals surface area contributed by atoms with E-state index in [1.54, 1.807) is 6.20 Å². The van der Waals surface area contributed by atoms with Crippen molar-refractivity contribution in [3.63, 3.8) is 0 Å². The standard InChI is InChI=1S/C25H24N2O2.C2H6/c1-3-22-24(21-14-15-26-16-23(21)27(22)4-2)25(28)19-10-12-20(13-11-19)29-17-18-8-6-5-7-9-18;1-2/h5-16H,3-4,17H2,1-2H3;1-2H3. The van der Waals surface area contributed by atoms with Crippen LogP contribution < -0.4 is 4.74 Å². The Morgan fingerprint density at radius 2 is 1.68 bits per heavy atom. The molecule has 0 aliphatic carbocycles. The number of rotatable bonds is 7. The summed E-state index contributed by atoms with van der Waals surface area (Å²) in [5.41, 5.74) is 4.63. The van der Waals surface area contributed by atoms with Gasteiger partial charge in [-0.25, -0.2) is 0 Å². The van der Waals surface area contributed by atoms with Crippen LogP contribution in [0.25, 0.3) is 10.9 Å². The van der Waals surface area contributed by atoms with Crippen molar-refractivity contribution < 1.29 is 9.53 Å². The topological polar surface area (TPSA) is 44.1 Å². The van der Waals surface area contributed by atoms with Crippen LogP contribution in [0.5, 0.6) is 5.75 Å². The van der Waals surface area contributed by atoms with Crippen LogP contribution in [0.4, 0.5) is 0 Å². The third-order valence-corrected chi connectivity index (χ3v) is 5.22. The molecule has 0 spiro atoms. The first-order chi connectivity index (χ1) is 15.2. The highest BCUT2D eigenvalue weighted by atomic mass is 16.5. The van der Waals surface area contributed by atoms with Crippen molar-refractivity contribution in [1.82, 2.24) is 9.55 Å². The van der Waals surface area contributed by atoms with Crippen molar-refractivity contribution >= 4 is 16.7 Å². The SMILES string of the molecule is CC.CCc1c(C(=O)c2ccc(OCc3ccccc3)cc2)c2ccncc2n1CC. The number of pyridine rings is 1. The number of hydrogen-bond donors (Lipinski definition) is 0. The van der Waals surface area contributed by atoms with Crippen molar-refractivity contribution in [2.24, 2.45) is 0 Å². The fourth-order valence-electron chi connectivity index (χ4n) is 3.82. The van der Waals surface area contributed by atoms with E-state index in [4.69, 9.17) is 4.74 Å². The van der Waals surface area contributed by atoms with E-state index in [-0.39, 0.29) is 5.78 Å². The van der Waals surface area contributed by atoms with Crippen molar-refractivity contribution in [3.05, 3.63) is 95.4 Å². The lowest BCUT2D eigenvalue weighted by molar-refractivity contribution is 0.103. The van der Waals surface area contributed by atoms with Gasteiger partial charge in [-0.05, 0) is 49.2 Å². The van der Waals surface area contributed by atoms with Crippen LogP contribution >= 0.6 is 0 Å². The molecule has 0 N–H and O–H groups in total. The first kappa shape index (κ1) is 22.3. The summed E-state index contributed by atoms with van der Waals surface area (Å²) < 4.78 is 8.03. The average molecular weight is 415 g/mol. The molecule has 0 amide bonds. The van der Waals surface area contributed by atoms with Crippen LogP contribution in [0.15, 0.2) is 73.1 Å². The van der Waals surface area contributed by atoms with E-state index in [0.29, 0.717) is 12.2 Å². The lowest BCUT2D eigenvalue weighted by Gasteiger charge is -2.09. The molecule has 4 nitrogen and oxygen atoms in total. The van der Waals surface area contributed by atoms with Crippen LogP contribution in [-0.4, -0.2) is 15.3 Å². The monoisotopic (exact) mass is 414 g/mol. The summed E-state index contributed by atoms with van der Waals surface area (Å²) in [5.74, 6) is 0.793. The molecule has 4 rings (SSSR count). The highest BCUT2D eigenvalue weighted by Gasteiger charge is 2.22. The van der Waals surface area contributed by atoms with E-state index in [2.05, 4.69) is 23.4 Å². The summed E-state index contributed by atoms with van der Waals surface area (Å²) in [7, 11) is 0. The minimum Gasteiger partial charge on any atom is -0.489 e. The summed E-state index contributed by atoms with van der Waals surface area (Å²) >= 11 is 0. The van der Waals surface area contributed by atoms with Gasteiger partial charge in [0.2, 0.25) is 0 Å². The molecule has 0 aliphatic heterocycles. The first-order valence-electron chi connectivity index (χ1n) is 11.0. The summed E-state index contributed by atoms with van der Waals surface area (Å²) in [6.07, 6.45) is 4.39. The Morgan fingerprint density at radius 1 is 0.968 bits per heavy atom. The molecule has 160 valence electrons. The minimum absolute atomic E-state index is 0.0415. The van der Waals surface area contributed by atoms with E-state index in [1.165, 1.54) is 0 Å². The van der Waals surface area contributed by atoms with Gasteiger partial charge >= 0.3 is 0 Å². The van der Waals surface area contributed by atoms with Crippen molar-refractivity contribution in [2.75, 3.05) is 0 Å². The van der Waals surface area contributed by atoms with Gasteiger partial charge in [0.1, 0.15) is 12.4 Å². The fourth-order valence-corrected chi connectivity index (χ4v) is 3.82. The van der Waals surface area contributed by atoms with Gasteiger partial charge in [-0.1, -0.05) is 51.1 Å². The number of hydrogen-bond acceptors (Lipinski definition) is 3. The Balaban J connectivity index is 0.00000132. The van der Waals surface area contributed by atoms with Crippen molar-refractivity contribution in [1.29, 1.82) is 0 Å². The van der Waals surface area contributed by atoms with Crippen molar-refractivity contribution in [3.8, 4) is 5.75 Å². The van der Waals surface area contributed by atoms with Crippen LogP contribution in [0.2, 0.25) is 0 Å². The molecule has 0 atom stereocenters. The number of fused-ring (bicyclic) bond motifs is 1. The normalized spacial score (nSPS) is 10.5. The van der Waals surface area contributed by atoms with Gasteiger partial charge in [-0.15, -0.1) is 0 Å². The van der Waals surface area contributed by atoms with Gasteiger partial charge in [-0.2, -0.15) is 0 Å². The van der Waals surface area contributed by atoms with Gasteiger partial charge in [0.15, 0.2) is 5.78 Å². The average Bonchev–Trinajstić information content (AvgIpc) is 3.18. The van der Waals surface area contributed by atoms with Gasteiger partial charge in [0.25, 0.3) is 0 Å². The molecule has 4 aromatic rings. The molecule has 0 bridgehead atoms. The number of aromatic nitrogens is 2. The van der Waals surface area contributed by atoms with E-state index >= 15 is 0 Å². The zero-order valence-corrected chi connectivity index (χ0v) is 18.8. The molecule has 0 saturated heterocycles. The van der Waals surface area contributed by atoms with E-state index in [1.807, 2.05) is 80.7 Å². The van der Waals surface area contributed by atoms with E-state index in [9.17, 15) is 4.79 Å². The quantitative estimate of drug-likeness (QED) is 0.326. The summed E-state index contributed by atoms with van der Waals surface area (Å²) in [6, 6.07) is 19.4. The fraction of sp³-hybridized carbons (Fsp3) is 0.259. The molecule has 31 heavy (non-hydrogen) atoms. The molecular formula is C27H30N2O2. The zero-order valence-electron chi connectivity index (χ0n) is 18.8. The summed E-state index contributed by atoms with van der Waals surface area (Å²) in [6.45, 7) is 9.50. The molecule has 0 fully saturated rings. The Labute approximate surface area is 184 Å². The third-order valence-electron chi connectivity index (χ3n) is 5.22. The molecule has 0 radical (unpaired) electrons. The number of carbonyl (C=O) groups excluding carboxylic acids is 1. The molecular weight excluding hydrogens is 384 g/mol. The predicted molar refractivity (Wildman–Crippen MR) is 127 cm³/mol. The maximum atomic E-state index is 13.4. The number of ketones is 1. The molecule has 0 aliphatic rings. The van der Waals surface area contributed by atoms with Crippen LogP contribution in [-0.2, 0) is 19.6 Å². The number of aryl methyl sites for hydroxylation is 1. The third kappa shape index (κ3) is 4.69. The van der Waals surface area contributed by atoms with E-state index < -0.39 is 0 Å². The van der Waals surface area contributed by atoms with Crippen LogP contribution in [0.1, 0.15) is 54.9 Å². The number of ether oxygens (including phenoxy) is 1. The molecule has 4 heteroatoms.